The molecule has 0 spiro atoms. The molecule has 0 saturated heterocycles. The Balaban J connectivity index is 1.34. The van der Waals surface area contributed by atoms with Crippen molar-refractivity contribution in [3.05, 3.63) is 82.5 Å². The number of sulfonamides is 1. The second-order valence-corrected chi connectivity index (χ2v) is 10.7. The third-order valence-electron chi connectivity index (χ3n) is 5.61. The van der Waals surface area contributed by atoms with Crippen molar-refractivity contribution >= 4 is 49.6 Å². The van der Waals surface area contributed by atoms with Gasteiger partial charge in [0.2, 0.25) is 0 Å². The van der Waals surface area contributed by atoms with Gasteiger partial charge in [0, 0.05) is 40.8 Å². The molecular weight excluding hydrogens is 466 g/mol. The highest BCUT2D eigenvalue weighted by Gasteiger charge is 2.48. The Morgan fingerprint density at radius 2 is 1.81 bits per heavy atom. The van der Waals surface area contributed by atoms with Crippen molar-refractivity contribution in [1.82, 2.24) is 14.8 Å². The van der Waals surface area contributed by atoms with Crippen LogP contribution in [0.2, 0.25) is 5.02 Å². The maximum absolute atomic E-state index is 12.5. The van der Waals surface area contributed by atoms with E-state index in [0.717, 1.165) is 35.1 Å². The molecule has 164 valence electrons. The zero-order valence-electron chi connectivity index (χ0n) is 17.1. The Labute approximate surface area is 195 Å². The maximum atomic E-state index is 12.5. The van der Waals surface area contributed by atoms with Crippen molar-refractivity contribution in [2.75, 3.05) is 10.0 Å². The molecule has 2 aromatic carbocycles. The lowest BCUT2D eigenvalue weighted by molar-refractivity contribution is 0.601. The number of benzene rings is 2. The SMILES string of the molecule is Cn1nc(C2(c3ccc(Cl)cc3)CC2)cc1Nc1ccc(S(=O)(=O)Nc2nccs2)cc1. The molecule has 0 atom stereocenters. The number of rotatable bonds is 7. The molecular formula is C22H20ClN5O2S2. The van der Waals surface area contributed by atoms with Gasteiger partial charge in [-0.25, -0.2) is 13.4 Å². The molecule has 0 unspecified atom stereocenters. The highest BCUT2D eigenvalue weighted by atomic mass is 35.5. The first kappa shape index (κ1) is 21.0. The monoisotopic (exact) mass is 485 g/mol. The van der Waals surface area contributed by atoms with Crippen molar-refractivity contribution in [2.45, 2.75) is 23.2 Å². The van der Waals surface area contributed by atoms with Crippen LogP contribution in [0.25, 0.3) is 0 Å². The van der Waals surface area contributed by atoms with Gasteiger partial charge < -0.3 is 5.32 Å². The molecule has 4 aromatic rings. The molecule has 0 bridgehead atoms. The normalized spacial score (nSPS) is 14.8. The lowest BCUT2D eigenvalue weighted by Gasteiger charge is -2.12. The van der Waals surface area contributed by atoms with Crippen molar-refractivity contribution < 1.29 is 8.42 Å². The van der Waals surface area contributed by atoms with Crippen molar-refractivity contribution in [2.24, 2.45) is 7.05 Å². The van der Waals surface area contributed by atoms with Crippen LogP contribution in [0.15, 0.2) is 71.1 Å². The molecule has 5 rings (SSSR count). The van der Waals surface area contributed by atoms with E-state index in [1.807, 2.05) is 19.2 Å². The van der Waals surface area contributed by atoms with Crippen molar-refractivity contribution in [1.29, 1.82) is 0 Å². The van der Waals surface area contributed by atoms with Crippen LogP contribution in [0.3, 0.4) is 0 Å². The Morgan fingerprint density at radius 3 is 2.44 bits per heavy atom. The fraction of sp³-hybridized carbons (Fsp3) is 0.182. The van der Waals surface area contributed by atoms with E-state index >= 15 is 0 Å². The van der Waals surface area contributed by atoms with Gasteiger partial charge in [0.25, 0.3) is 10.0 Å². The summed E-state index contributed by atoms with van der Waals surface area (Å²) in [5.41, 5.74) is 2.93. The fourth-order valence-electron chi connectivity index (χ4n) is 3.72. The molecule has 32 heavy (non-hydrogen) atoms. The molecule has 0 aliphatic heterocycles. The van der Waals surface area contributed by atoms with Crippen LogP contribution in [-0.2, 0) is 22.5 Å². The summed E-state index contributed by atoms with van der Waals surface area (Å²) < 4.78 is 29.3. The first-order chi connectivity index (χ1) is 15.4. The largest absolute Gasteiger partial charge is 0.340 e. The van der Waals surface area contributed by atoms with Gasteiger partial charge in [0.05, 0.1) is 10.6 Å². The van der Waals surface area contributed by atoms with Crippen LogP contribution in [0.5, 0.6) is 0 Å². The molecule has 2 N–H and O–H groups in total. The van der Waals surface area contributed by atoms with E-state index in [-0.39, 0.29) is 10.3 Å². The van der Waals surface area contributed by atoms with Gasteiger partial charge in [-0.1, -0.05) is 23.7 Å². The molecule has 2 aromatic heterocycles. The number of anilines is 3. The van der Waals surface area contributed by atoms with E-state index in [9.17, 15) is 8.42 Å². The van der Waals surface area contributed by atoms with Crippen molar-refractivity contribution in [3.8, 4) is 0 Å². The second kappa shape index (κ2) is 7.91. The van der Waals surface area contributed by atoms with Gasteiger partial charge in [-0.15, -0.1) is 11.3 Å². The van der Waals surface area contributed by atoms with E-state index in [1.165, 1.54) is 16.9 Å². The number of nitrogens with zero attached hydrogens (tertiary/aromatic N) is 3. The first-order valence-corrected chi connectivity index (χ1v) is 12.7. The summed E-state index contributed by atoms with van der Waals surface area (Å²) >= 11 is 7.28. The summed E-state index contributed by atoms with van der Waals surface area (Å²) in [6.45, 7) is 0. The zero-order chi connectivity index (χ0) is 22.3. The van der Waals surface area contributed by atoms with Crippen LogP contribution in [0.4, 0.5) is 16.6 Å². The molecule has 10 heteroatoms. The van der Waals surface area contributed by atoms with Crippen LogP contribution in [-0.4, -0.2) is 23.2 Å². The van der Waals surface area contributed by atoms with Crippen LogP contribution >= 0.6 is 22.9 Å². The fourth-order valence-corrected chi connectivity index (χ4v) is 5.63. The summed E-state index contributed by atoms with van der Waals surface area (Å²) in [5.74, 6) is 0.830. The summed E-state index contributed by atoms with van der Waals surface area (Å²) in [7, 11) is -1.79. The number of halogens is 1. The van der Waals surface area contributed by atoms with Gasteiger partial charge in [-0.3, -0.25) is 9.40 Å². The standard InChI is InChI=1S/C22H20ClN5O2S2/c1-28-20(14-19(26-28)22(10-11-22)15-2-4-16(23)5-3-15)25-17-6-8-18(9-7-17)32(29,30)27-21-24-12-13-31-21/h2-9,12-14,25H,10-11H2,1H3,(H,24,27). The number of aryl methyl sites for hydroxylation is 1. The predicted octanol–water partition coefficient (Wildman–Crippen LogP) is 5.15. The third kappa shape index (κ3) is 3.99. The number of hydrogen-bond donors (Lipinski definition) is 2. The lowest BCUT2D eigenvalue weighted by atomic mass is 9.92. The van der Waals surface area contributed by atoms with Gasteiger partial charge in [0.15, 0.2) is 5.13 Å². The Kier molecular flexibility index (Phi) is 5.19. The quantitative estimate of drug-likeness (QED) is 0.377. The van der Waals surface area contributed by atoms with E-state index in [0.29, 0.717) is 5.13 Å². The van der Waals surface area contributed by atoms with Crippen molar-refractivity contribution in [3.63, 3.8) is 0 Å². The van der Waals surface area contributed by atoms with E-state index < -0.39 is 10.0 Å². The Morgan fingerprint density at radius 1 is 1.09 bits per heavy atom. The van der Waals surface area contributed by atoms with Crippen LogP contribution in [0.1, 0.15) is 24.1 Å². The third-order valence-corrected chi connectivity index (χ3v) is 8.03. The molecule has 1 aliphatic rings. The minimum atomic E-state index is -3.68. The maximum Gasteiger partial charge on any atom is 0.263 e. The molecule has 1 fully saturated rings. The van der Waals surface area contributed by atoms with Gasteiger partial charge in [-0.2, -0.15) is 5.10 Å². The summed E-state index contributed by atoms with van der Waals surface area (Å²) in [6, 6.07) is 16.6. The number of nitrogens with one attached hydrogen (secondary N) is 2. The molecule has 7 nitrogen and oxygen atoms in total. The number of thiazole rings is 1. The highest BCUT2D eigenvalue weighted by Crippen LogP contribution is 2.53. The number of aromatic nitrogens is 3. The summed E-state index contributed by atoms with van der Waals surface area (Å²) in [4.78, 5) is 4.13. The van der Waals surface area contributed by atoms with Gasteiger partial charge in [-0.05, 0) is 54.8 Å². The van der Waals surface area contributed by atoms with E-state index in [1.54, 1.807) is 40.5 Å². The number of hydrogen-bond acceptors (Lipinski definition) is 6. The molecule has 0 amide bonds. The Bertz CT molecular complexity index is 1340. The summed E-state index contributed by atoms with van der Waals surface area (Å²) in [5, 5.41) is 10.9. The minimum Gasteiger partial charge on any atom is -0.340 e. The molecule has 2 heterocycles. The molecule has 1 saturated carbocycles. The topological polar surface area (TPSA) is 88.9 Å². The predicted molar refractivity (Wildman–Crippen MR) is 127 cm³/mol. The van der Waals surface area contributed by atoms with Crippen LogP contribution < -0.4 is 10.0 Å². The zero-order valence-corrected chi connectivity index (χ0v) is 19.5. The van der Waals surface area contributed by atoms with Crippen LogP contribution in [0, 0.1) is 0 Å². The minimum absolute atomic E-state index is 0.0677. The molecule has 1 aliphatic carbocycles. The second-order valence-electron chi connectivity index (χ2n) is 7.72. The van der Waals surface area contributed by atoms with Gasteiger partial charge >= 0.3 is 0 Å². The lowest BCUT2D eigenvalue weighted by Crippen LogP contribution is -2.12. The summed E-state index contributed by atoms with van der Waals surface area (Å²) in [6.07, 6.45) is 3.64. The van der Waals surface area contributed by atoms with Gasteiger partial charge in [0.1, 0.15) is 5.82 Å². The van der Waals surface area contributed by atoms with E-state index in [4.69, 9.17) is 16.7 Å². The smallest absolute Gasteiger partial charge is 0.263 e. The highest BCUT2D eigenvalue weighted by molar-refractivity contribution is 7.93. The first-order valence-electron chi connectivity index (χ1n) is 9.96. The molecule has 0 radical (unpaired) electrons. The average molecular weight is 486 g/mol. The van der Waals surface area contributed by atoms with E-state index in [2.05, 4.69) is 33.2 Å². The average Bonchev–Trinajstić information content (AvgIpc) is 3.27. The Hall–Kier alpha value is -2.88.